The average molecular weight is 297 g/mol. The zero-order valence-electron chi connectivity index (χ0n) is 11.9. The van der Waals surface area contributed by atoms with Crippen molar-refractivity contribution in [3.63, 3.8) is 0 Å². The normalized spacial score (nSPS) is 19.4. The minimum atomic E-state index is -0.0564. The van der Waals surface area contributed by atoms with Gasteiger partial charge < -0.3 is 5.32 Å². The maximum Gasteiger partial charge on any atom is 0.327 e. The number of amides is 2. The van der Waals surface area contributed by atoms with E-state index in [0.717, 1.165) is 33.3 Å². The first-order valence-electron chi connectivity index (χ1n) is 6.95. The maximum absolute atomic E-state index is 12.6. The molecule has 0 bridgehead atoms. The number of aryl methyl sites for hydroxylation is 2. The SMILES string of the molecule is Cc1ccc(N2C(=O)NC3CSc4nccc2c43)c(C)c1. The monoisotopic (exact) mass is 297 g/mol. The van der Waals surface area contributed by atoms with Crippen LogP contribution in [0, 0.1) is 13.8 Å². The summed E-state index contributed by atoms with van der Waals surface area (Å²) < 4.78 is 0. The summed E-state index contributed by atoms with van der Waals surface area (Å²) in [5.74, 6) is 0.867. The summed E-state index contributed by atoms with van der Waals surface area (Å²) in [5.41, 5.74) is 5.34. The molecule has 1 aromatic heterocycles. The van der Waals surface area contributed by atoms with Crippen molar-refractivity contribution in [3.05, 3.63) is 47.2 Å². The molecule has 4 nitrogen and oxygen atoms in total. The highest BCUT2D eigenvalue weighted by atomic mass is 32.2. The average Bonchev–Trinajstić information content (AvgIpc) is 2.85. The van der Waals surface area contributed by atoms with Crippen molar-refractivity contribution in [1.29, 1.82) is 0 Å². The zero-order valence-corrected chi connectivity index (χ0v) is 12.7. The Kier molecular flexibility index (Phi) is 2.72. The van der Waals surface area contributed by atoms with Crippen molar-refractivity contribution in [1.82, 2.24) is 10.3 Å². The minimum Gasteiger partial charge on any atom is -0.330 e. The number of benzene rings is 1. The number of urea groups is 1. The number of nitrogens with zero attached hydrogens (tertiary/aromatic N) is 2. The highest BCUT2D eigenvalue weighted by Gasteiger charge is 2.38. The molecule has 5 heteroatoms. The van der Waals surface area contributed by atoms with Crippen LogP contribution in [0.2, 0.25) is 0 Å². The molecule has 2 aliphatic rings. The molecule has 0 spiro atoms. The Balaban J connectivity index is 1.92. The summed E-state index contributed by atoms with van der Waals surface area (Å²) >= 11 is 1.71. The van der Waals surface area contributed by atoms with E-state index in [2.05, 4.69) is 23.3 Å². The predicted molar refractivity (Wildman–Crippen MR) is 84.3 cm³/mol. The lowest BCUT2D eigenvalue weighted by atomic mass is 10.0. The van der Waals surface area contributed by atoms with Crippen LogP contribution in [-0.2, 0) is 0 Å². The van der Waals surface area contributed by atoms with Crippen LogP contribution in [0.4, 0.5) is 16.2 Å². The summed E-state index contributed by atoms with van der Waals surface area (Å²) in [7, 11) is 0. The smallest absolute Gasteiger partial charge is 0.327 e. The predicted octanol–water partition coefficient (Wildman–Crippen LogP) is 3.71. The first-order valence-corrected chi connectivity index (χ1v) is 7.93. The Hall–Kier alpha value is -2.01. The Labute approximate surface area is 127 Å². The molecule has 0 radical (unpaired) electrons. The molecule has 106 valence electrons. The van der Waals surface area contributed by atoms with E-state index in [1.807, 2.05) is 25.1 Å². The van der Waals surface area contributed by atoms with Crippen LogP contribution in [-0.4, -0.2) is 16.8 Å². The van der Waals surface area contributed by atoms with Gasteiger partial charge in [0, 0.05) is 17.5 Å². The van der Waals surface area contributed by atoms with Gasteiger partial charge in [0.05, 0.1) is 17.4 Å². The van der Waals surface area contributed by atoms with E-state index in [4.69, 9.17) is 0 Å². The summed E-state index contributed by atoms with van der Waals surface area (Å²) in [5, 5.41) is 4.13. The summed E-state index contributed by atoms with van der Waals surface area (Å²) in [6, 6.07) is 8.13. The van der Waals surface area contributed by atoms with Gasteiger partial charge in [-0.05, 0) is 31.5 Å². The Morgan fingerprint density at radius 1 is 1.29 bits per heavy atom. The van der Waals surface area contributed by atoms with Crippen LogP contribution in [0.25, 0.3) is 0 Å². The fourth-order valence-corrected chi connectivity index (χ4v) is 4.17. The van der Waals surface area contributed by atoms with Gasteiger partial charge >= 0.3 is 6.03 Å². The molecule has 0 fully saturated rings. The quantitative estimate of drug-likeness (QED) is 0.873. The van der Waals surface area contributed by atoms with Crippen molar-refractivity contribution in [3.8, 4) is 0 Å². The second kappa shape index (κ2) is 4.49. The molecule has 2 aromatic rings. The largest absolute Gasteiger partial charge is 0.330 e. The lowest BCUT2D eigenvalue weighted by Gasteiger charge is -2.33. The molecule has 1 N–H and O–H groups in total. The van der Waals surface area contributed by atoms with E-state index in [1.54, 1.807) is 22.9 Å². The van der Waals surface area contributed by atoms with E-state index in [0.29, 0.717) is 0 Å². The van der Waals surface area contributed by atoms with Crippen LogP contribution in [0.3, 0.4) is 0 Å². The number of hydrogen-bond donors (Lipinski definition) is 1. The molecular formula is C16H15N3OS. The van der Waals surface area contributed by atoms with Gasteiger partial charge in [-0.15, -0.1) is 11.8 Å². The highest BCUT2D eigenvalue weighted by molar-refractivity contribution is 7.99. The highest BCUT2D eigenvalue weighted by Crippen LogP contribution is 2.46. The molecule has 1 unspecified atom stereocenters. The van der Waals surface area contributed by atoms with Crippen LogP contribution < -0.4 is 10.2 Å². The number of pyridine rings is 1. The molecule has 0 saturated carbocycles. The number of aromatic nitrogens is 1. The molecule has 3 heterocycles. The van der Waals surface area contributed by atoms with Crippen molar-refractivity contribution < 1.29 is 4.79 Å². The Morgan fingerprint density at radius 2 is 2.14 bits per heavy atom. The Morgan fingerprint density at radius 3 is 2.95 bits per heavy atom. The number of rotatable bonds is 1. The first-order chi connectivity index (χ1) is 10.1. The van der Waals surface area contributed by atoms with Gasteiger partial charge in [0.25, 0.3) is 0 Å². The number of nitrogens with one attached hydrogen (secondary N) is 1. The fourth-order valence-electron chi connectivity index (χ4n) is 3.06. The first kappa shape index (κ1) is 12.7. The van der Waals surface area contributed by atoms with Crippen LogP contribution in [0.5, 0.6) is 0 Å². The topological polar surface area (TPSA) is 45.2 Å². The van der Waals surface area contributed by atoms with Crippen LogP contribution in [0.1, 0.15) is 22.7 Å². The second-order valence-corrected chi connectivity index (χ2v) is 6.50. The van der Waals surface area contributed by atoms with Gasteiger partial charge in [0.1, 0.15) is 5.03 Å². The number of carbonyl (C=O) groups is 1. The fraction of sp³-hybridized carbons (Fsp3) is 0.250. The van der Waals surface area contributed by atoms with Gasteiger partial charge in [-0.3, -0.25) is 4.90 Å². The molecule has 21 heavy (non-hydrogen) atoms. The third-order valence-corrected chi connectivity index (χ3v) is 5.10. The van der Waals surface area contributed by atoms with Gasteiger partial charge in [-0.2, -0.15) is 0 Å². The van der Waals surface area contributed by atoms with Gasteiger partial charge in [-0.25, -0.2) is 9.78 Å². The Bertz CT molecular complexity index is 759. The standard InChI is InChI=1S/C16H15N3OS/c1-9-3-4-12(10(2)7-9)19-13-5-6-17-15-14(13)11(8-21-15)18-16(19)20/h3-7,11H,8H2,1-2H3,(H,18,20). The van der Waals surface area contributed by atoms with Crippen LogP contribution >= 0.6 is 11.8 Å². The summed E-state index contributed by atoms with van der Waals surface area (Å²) in [6.07, 6.45) is 1.79. The molecule has 4 rings (SSSR count). The van der Waals surface area contributed by atoms with E-state index in [9.17, 15) is 4.79 Å². The molecule has 1 atom stereocenters. The van der Waals surface area contributed by atoms with E-state index in [-0.39, 0.29) is 12.1 Å². The molecule has 2 amide bonds. The maximum atomic E-state index is 12.6. The van der Waals surface area contributed by atoms with Gasteiger partial charge in [-0.1, -0.05) is 17.7 Å². The van der Waals surface area contributed by atoms with Crippen molar-refractivity contribution >= 4 is 29.2 Å². The summed E-state index contributed by atoms with van der Waals surface area (Å²) in [4.78, 5) is 18.8. The molecule has 2 aliphatic heterocycles. The third kappa shape index (κ3) is 1.84. The minimum absolute atomic E-state index is 0.0564. The van der Waals surface area contributed by atoms with Crippen molar-refractivity contribution in [2.75, 3.05) is 10.7 Å². The van der Waals surface area contributed by atoms with E-state index in [1.165, 1.54) is 5.56 Å². The zero-order chi connectivity index (χ0) is 14.6. The van der Waals surface area contributed by atoms with Crippen molar-refractivity contribution in [2.24, 2.45) is 0 Å². The van der Waals surface area contributed by atoms with Crippen LogP contribution in [0.15, 0.2) is 35.5 Å². The van der Waals surface area contributed by atoms with E-state index >= 15 is 0 Å². The molecule has 1 aromatic carbocycles. The summed E-state index contributed by atoms with van der Waals surface area (Å²) in [6.45, 7) is 4.10. The van der Waals surface area contributed by atoms with Gasteiger partial charge in [0.15, 0.2) is 0 Å². The number of thioether (sulfide) groups is 1. The second-order valence-electron chi connectivity index (χ2n) is 5.49. The molecular weight excluding hydrogens is 282 g/mol. The lowest BCUT2D eigenvalue weighted by Crippen LogP contribution is -2.44. The number of carbonyl (C=O) groups excluding carboxylic acids is 1. The van der Waals surface area contributed by atoms with Gasteiger partial charge in [0.2, 0.25) is 0 Å². The molecule has 0 saturated heterocycles. The van der Waals surface area contributed by atoms with Crippen molar-refractivity contribution in [2.45, 2.75) is 24.9 Å². The lowest BCUT2D eigenvalue weighted by molar-refractivity contribution is 0.244. The third-order valence-electron chi connectivity index (χ3n) is 4.00. The number of anilines is 2. The number of hydrogen-bond acceptors (Lipinski definition) is 3. The van der Waals surface area contributed by atoms with E-state index < -0.39 is 0 Å². The molecule has 0 aliphatic carbocycles.